The van der Waals surface area contributed by atoms with E-state index in [9.17, 15) is 25.1 Å². The maximum absolute atomic E-state index is 10.9. The summed E-state index contributed by atoms with van der Waals surface area (Å²) in [5, 5.41) is 30.3. The van der Waals surface area contributed by atoms with Gasteiger partial charge in [-0.3, -0.25) is 14.9 Å². The van der Waals surface area contributed by atoms with Crippen molar-refractivity contribution in [3.63, 3.8) is 0 Å². The molecule has 0 aliphatic rings. The first-order chi connectivity index (χ1) is 8.86. The van der Waals surface area contributed by atoms with E-state index >= 15 is 0 Å². The molecule has 1 amide bonds. The van der Waals surface area contributed by atoms with Crippen LogP contribution in [0.5, 0.6) is 5.75 Å². The van der Waals surface area contributed by atoms with Crippen molar-refractivity contribution in [3.8, 4) is 5.75 Å². The SMILES string of the molecule is COc1ccc(C(O)C(O)CC(N)=O)c([N+](=O)[O-])c1. The molecule has 104 valence electrons. The average Bonchev–Trinajstić information content (AvgIpc) is 2.36. The number of hydrogen-bond donors (Lipinski definition) is 3. The largest absolute Gasteiger partial charge is 0.497 e. The predicted octanol–water partition coefficient (Wildman–Crippen LogP) is -0.127. The van der Waals surface area contributed by atoms with Gasteiger partial charge in [0.05, 0.1) is 36.2 Å². The summed E-state index contributed by atoms with van der Waals surface area (Å²) in [6, 6.07) is 3.78. The molecule has 0 radical (unpaired) electrons. The normalized spacial score (nSPS) is 13.6. The van der Waals surface area contributed by atoms with E-state index < -0.39 is 35.1 Å². The molecule has 0 aromatic heterocycles. The van der Waals surface area contributed by atoms with Crippen molar-refractivity contribution in [1.29, 1.82) is 0 Å². The van der Waals surface area contributed by atoms with Gasteiger partial charge in [-0.15, -0.1) is 0 Å². The molecule has 8 heteroatoms. The Bertz CT molecular complexity index is 490. The number of nitrogens with zero attached hydrogens (tertiary/aromatic N) is 1. The number of aliphatic hydroxyl groups excluding tert-OH is 2. The fraction of sp³-hybridized carbons (Fsp3) is 0.364. The number of primary amides is 1. The molecule has 2 atom stereocenters. The number of methoxy groups -OCH3 is 1. The zero-order valence-corrected chi connectivity index (χ0v) is 10.1. The van der Waals surface area contributed by atoms with Crippen LogP contribution >= 0.6 is 0 Å². The monoisotopic (exact) mass is 270 g/mol. The minimum Gasteiger partial charge on any atom is -0.497 e. The zero-order valence-electron chi connectivity index (χ0n) is 10.1. The van der Waals surface area contributed by atoms with Gasteiger partial charge in [0, 0.05) is 0 Å². The lowest BCUT2D eigenvalue weighted by molar-refractivity contribution is -0.386. The van der Waals surface area contributed by atoms with Gasteiger partial charge in [-0.05, 0) is 12.1 Å². The molecule has 19 heavy (non-hydrogen) atoms. The van der Waals surface area contributed by atoms with Crippen LogP contribution in [-0.2, 0) is 4.79 Å². The molecule has 0 bridgehead atoms. The second-order valence-corrected chi connectivity index (χ2v) is 3.86. The highest BCUT2D eigenvalue weighted by Crippen LogP contribution is 2.31. The van der Waals surface area contributed by atoms with Gasteiger partial charge in [0.25, 0.3) is 5.69 Å². The van der Waals surface area contributed by atoms with Crippen molar-refractivity contribution in [2.75, 3.05) is 7.11 Å². The van der Waals surface area contributed by atoms with Crippen molar-refractivity contribution >= 4 is 11.6 Å². The van der Waals surface area contributed by atoms with Crippen LogP contribution in [0.15, 0.2) is 18.2 Å². The van der Waals surface area contributed by atoms with E-state index in [1.54, 1.807) is 0 Å². The van der Waals surface area contributed by atoms with E-state index in [1.165, 1.54) is 19.2 Å². The van der Waals surface area contributed by atoms with Crippen LogP contribution < -0.4 is 10.5 Å². The fourth-order valence-electron chi connectivity index (χ4n) is 1.58. The lowest BCUT2D eigenvalue weighted by atomic mass is 10.00. The van der Waals surface area contributed by atoms with Crippen LogP contribution in [-0.4, -0.2) is 34.3 Å². The van der Waals surface area contributed by atoms with Gasteiger partial charge < -0.3 is 20.7 Å². The number of nitro groups is 1. The van der Waals surface area contributed by atoms with Gasteiger partial charge in [-0.2, -0.15) is 0 Å². The van der Waals surface area contributed by atoms with E-state index in [0.29, 0.717) is 0 Å². The second-order valence-electron chi connectivity index (χ2n) is 3.86. The summed E-state index contributed by atoms with van der Waals surface area (Å²) in [7, 11) is 1.34. The number of aliphatic hydroxyl groups is 2. The molecule has 1 rings (SSSR count). The van der Waals surface area contributed by atoms with Gasteiger partial charge in [-0.1, -0.05) is 0 Å². The van der Waals surface area contributed by atoms with Crippen LogP contribution in [0.25, 0.3) is 0 Å². The number of nitrogens with two attached hydrogens (primary N) is 1. The Morgan fingerprint density at radius 3 is 2.63 bits per heavy atom. The third-order valence-electron chi connectivity index (χ3n) is 2.53. The number of carbonyl (C=O) groups excluding carboxylic acids is 1. The number of amides is 1. The molecule has 0 fully saturated rings. The van der Waals surface area contributed by atoms with Gasteiger partial charge in [0.2, 0.25) is 5.91 Å². The number of carbonyl (C=O) groups is 1. The summed E-state index contributed by atoms with van der Waals surface area (Å²) >= 11 is 0. The zero-order chi connectivity index (χ0) is 14.6. The Kier molecular flexibility index (Phi) is 4.79. The lowest BCUT2D eigenvalue weighted by Gasteiger charge is -2.17. The van der Waals surface area contributed by atoms with Crippen molar-refractivity contribution in [2.24, 2.45) is 5.73 Å². The molecular weight excluding hydrogens is 256 g/mol. The van der Waals surface area contributed by atoms with Crippen LogP contribution in [0.2, 0.25) is 0 Å². The fourth-order valence-corrected chi connectivity index (χ4v) is 1.58. The summed E-state index contributed by atoms with van der Waals surface area (Å²) in [5.74, 6) is -0.574. The Hall–Kier alpha value is -2.19. The highest BCUT2D eigenvalue weighted by Gasteiger charge is 2.27. The maximum atomic E-state index is 10.9. The smallest absolute Gasteiger partial charge is 0.279 e. The van der Waals surface area contributed by atoms with Crippen molar-refractivity contribution in [2.45, 2.75) is 18.6 Å². The molecule has 2 unspecified atom stereocenters. The van der Waals surface area contributed by atoms with Gasteiger partial charge in [-0.25, -0.2) is 0 Å². The quantitative estimate of drug-likeness (QED) is 0.486. The molecule has 0 saturated heterocycles. The van der Waals surface area contributed by atoms with E-state index in [0.717, 1.165) is 6.07 Å². The number of rotatable bonds is 6. The molecule has 0 spiro atoms. The van der Waals surface area contributed by atoms with Crippen LogP contribution in [0, 0.1) is 10.1 Å². The van der Waals surface area contributed by atoms with Gasteiger partial charge in [0.15, 0.2) is 0 Å². The first kappa shape index (κ1) is 14.9. The standard InChI is InChI=1S/C11H14N2O6/c1-19-6-2-3-7(8(4-6)13(17)18)11(16)9(14)5-10(12)15/h2-4,9,11,14,16H,5H2,1H3,(H2,12,15). The van der Waals surface area contributed by atoms with E-state index in [-0.39, 0.29) is 11.3 Å². The lowest BCUT2D eigenvalue weighted by Crippen LogP contribution is -2.26. The number of nitro benzene ring substituents is 1. The number of hydrogen-bond acceptors (Lipinski definition) is 6. The molecule has 1 aromatic carbocycles. The predicted molar refractivity (Wildman–Crippen MR) is 64.4 cm³/mol. The minimum atomic E-state index is -1.58. The number of benzene rings is 1. The van der Waals surface area contributed by atoms with Crippen LogP contribution in [0.1, 0.15) is 18.1 Å². The van der Waals surface area contributed by atoms with Crippen molar-refractivity contribution in [3.05, 3.63) is 33.9 Å². The Balaban J connectivity index is 3.11. The Morgan fingerprint density at radius 1 is 1.53 bits per heavy atom. The van der Waals surface area contributed by atoms with Gasteiger partial charge in [0.1, 0.15) is 11.9 Å². The van der Waals surface area contributed by atoms with E-state index in [1.807, 2.05) is 0 Å². The Morgan fingerprint density at radius 2 is 2.16 bits per heavy atom. The first-order valence-corrected chi connectivity index (χ1v) is 5.33. The molecule has 0 aliphatic carbocycles. The average molecular weight is 270 g/mol. The minimum absolute atomic E-state index is 0.112. The molecule has 0 aliphatic heterocycles. The highest BCUT2D eigenvalue weighted by molar-refractivity contribution is 5.74. The summed E-state index contributed by atoms with van der Waals surface area (Å²) < 4.78 is 4.84. The molecule has 4 N–H and O–H groups in total. The van der Waals surface area contributed by atoms with Crippen LogP contribution in [0.3, 0.4) is 0 Å². The summed E-state index contributed by atoms with van der Waals surface area (Å²) in [6.45, 7) is 0. The summed E-state index contributed by atoms with van der Waals surface area (Å²) in [4.78, 5) is 20.9. The van der Waals surface area contributed by atoms with E-state index in [2.05, 4.69) is 0 Å². The highest BCUT2D eigenvalue weighted by atomic mass is 16.6. The molecule has 0 saturated carbocycles. The Labute approximate surface area is 108 Å². The molecule has 8 nitrogen and oxygen atoms in total. The van der Waals surface area contributed by atoms with Crippen molar-refractivity contribution < 1.29 is 24.7 Å². The molecule has 1 aromatic rings. The van der Waals surface area contributed by atoms with Crippen LogP contribution in [0.4, 0.5) is 5.69 Å². The first-order valence-electron chi connectivity index (χ1n) is 5.33. The third kappa shape index (κ3) is 3.63. The van der Waals surface area contributed by atoms with E-state index in [4.69, 9.17) is 10.5 Å². The molecule has 0 heterocycles. The molecular formula is C11H14N2O6. The van der Waals surface area contributed by atoms with Crippen molar-refractivity contribution in [1.82, 2.24) is 0 Å². The number of ether oxygens (including phenoxy) is 1. The topological polar surface area (TPSA) is 136 Å². The van der Waals surface area contributed by atoms with Gasteiger partial charge >= 0.3 is 0 Å². The second kappa shape index (κ2) is 6.12. The summed E-state index contributed by atoms with van der Waals surface area (Å²) in [5.41, 5.74) is 4.37. The third-order valence-corrected chi connectivity index (χ3v) is 2.53. The summed E-state index contributed by atoms with van der Waals surface area (Å²) in [6.07, 6.45) is -3.59. The maximum Gasteiger partial charge on any atom is 0.279 e.